The SMILES string of the molecule is CC(C)C[C@@]1(C(=O)Nc2ccccc2)C[C@H](C(=O)O)[C@H](c2cccs2)N1C(=O)c1ccc(C(F)(F)F)cc1. The Hall–Kier alpha value is -3.66. The highest BCUT2D eigenvalue weighted by Crippen LogP contribution is 2.52. The minimum atomic E-state index is -4.58. The van der Waals surface area contributed by atoms with Gasteiger partial charge in [-0.2, -0.15) is 13.2 Å². The normalized spacial score (nSPS) is 21.5. The number of carbonyl (C=O) groups is 3. The molecule has 10 heteroatoms. The van der Waals surface area contributed by atoms with Gasteiger partial charge in [-0.15, -0.1) is 11.3 Å². The molecular weight excluding hydrogens is 517 g/mol. The van der Waals surface area contributed by atoms with Gasteiger partial charge in [0, 0.05) is 16.1 Å². The molecule has 2 aromatic carbocycles. The highest BCUT2D eigenvalue weighted by atomic mass is 32.1. The van der Waals surface area contributed by atoms with E-state index in [0.717, 1.165) is 24.3 Å². The van der Waals surface area contributed by atoms with Crippen LogP contribution in [0.5, 0.6) is 0 Å². The fraction of sp³-hybridized carbons (Fsp3) is 0.321. The van der Waals surface area contributed by atoms with Crippen molar-refractivity contribution in [1.82, 2.24) is 4.90 Å². The molecule has 4 rings (SSSR count). The van der Waals surface area contributed by atoms with E-state index in [2.05, 4.69) is 5.32 Å². The monoisotopic (exact) mass is 544 g/mol. The second kappa shape index (κ2) is 10.6. The van der Waals surface area contributed by atoms with Crippen molar-refractivity contribution in [1.29, 1.82) is 0 Å². The molecule has 2 N–H and O–H groups in total. The second-order valence-electron chi connectivity index (χ2n) is 9.81. The summed E-state index contributed by atoms with van der Waals surface area (Å²) in [6.45, 7) is 3.74. The van der Waals surface area contributed by atoms with Crippen LogP contribution in [0.1, 0.15) is 53.5 Å². The van der Waals surface area contributed by atoms with Crippen molar-refractivity contribution >= 4 is 34.8 Å². The first-order valence-corrected chi connectivity index (χ1v) is 13.0. The zero-order chi connectivity index (χ0) is 27.7. The highest BCUT2D eigenvalue weighted by molar-refractivity contribution is 7.10. The number of hydrogen-bond donors (Lipinski definition) is 2. The Morgan fingerprint density at radius 1 is 1.05 bits per heavy atom. The summed E-state index contributed by atoms with van der Waals surface area (Å²) in [7, 11) is 0. The van der Waals surface area contributed by atoms with Crippen LogP contribution in [0.2, 0.25) is 0 Å². The zero-order valence-electron chi connectivity index (χ0n) is 20.7. The fourth-order valence-corrected chi connectivity index (χ4v) is 6.09. The predicted octanol–water partition coefficient (Wildman–Crippen LogP) is 6.48. The molecule has 0 unspecified atom stereocenters. The molecule has 0 spiro atoms. The molecule has 1 saturated heterocycles. The van der Waals surface area contributed by atoms with E-state index in [1.165, 1.54) is 16.2 Å². The highest BCUT2D eigenvalue weighted by Gasteiger charge is 2.60. The molecule has 0 aliphatic carbocycles. The summed E-state index contributed by atoms with van der Waals surface area (Å²) in [5, 5.41) is 14.8. The summed E-state index contributed by atoms with van der Waals surface area (Å²) in [4.78, 5) is 42.6. The van der Waals surface area contributed by atoms with Gasteiger partial charge in [-0.05, 0) is 66.6 Å². The third-order valence-corrected chi connectivity index (χ3v) is 7.65. The first kappa shape index (κ1) is 27.4. The molecule has 3 atom stereocenters. The Morgan fingerprint density at radius 2 is 1.71 bits per heavy atom. The van der Waals surface area contributed by atoms with Crippen molar-refractivity contribution in [2.75, 3.05) is 5.32 Å². The van der Waals surface area contributed by atoms with E-state index in [1.54, 1.807) is 47.8 Å². The van der Waals surface area contributed by atoms with Crippen LogP contribution in [0.3, 0.4) is 0 Å². The van der Waals surface area contributed by atoms with Crippen LogP contribution in [-0.2, 0) is 15.8 Å². The van der Waals surface area contributed by atoms with E-state index in [0.29, 0.717) is 10.6 Å². The summed E-state index contributed by atoms with van der Waals surface area (Å²) in [6, 6.07) is 14.8. The first-order chi connectivity index (χ1) is 17.9. The summed E-state index contributed by atoms with van der Waals surface area (Å²) < 4.78 is 39.5. The van der Waals surface area contributed by atoms with Gasteiger partial charge < -0.3 is 15.3 Å². The standard InChI is InChI=1S/C28H27F3N2O4S/c1-17(2)15-27(26(37)32-20-7-4-3-5-8-20)16-21(25(35)36)23(22-9-6-14-38-22)33(27)24(34)18-10-12-19(13-11-18)28(29,30)31/h3-14,17,21,23H,15-16H2,1-2H3,(H,32,37)(H,35,36)/t21-,23+,27-/m0/s1. The maximum Gasteiger partial charge on any atom is 0.416 e. The molecule has 38 heavy (non-hydrogen) atoms. The minimum absolute atomic E-state index is 0.0637. The molecule has 1 aromatic heterocycles. The van der Waals surface area contributed by atoms with Crippen LogP contribution in [0.4, 0.5) is 18.9 Å². The Kier molecular flexibility index (Phi) is 7.64. The summed E-state index contributed by atoms with van der Waals surface area (Å²) in [6.07, 6.45) is -4.57. The predicted molar refractivity (Wildman–Crippen MR) is 138 cm³/mol. The van der Waals surface area contributed by atoms with Gasteiger partial charge in [-0.1, -0.05) is 38.1 Å². The molecule has 1 fully saturated rings. The lowest BCUT2D eigenvalue weighted by molar-refractivity contribution is -0.142. The number of rotatable bonds is 7. The van der Waals surface area contributed by atoms with Crippen molar-refractivity contribution in [3.63, 3.8) is 0 Å². The zero-order valence-corrected chi connectivity index (χ0v) is 21.6. The topological polar surface area (TPSA) is 86.7 Å². The van der Waals surface area contributed by atoms with Crippen LogP contribution in [0.25, 0.3) is 0 Å². The number of nitrogens with one attached hydrogen (secondary N) is 1. The molecule has 2 heterocycles. The lowest BCUT2D eigenvalue weighted by Crippen LogP contribution is -2.56. The fourth-order valence-electron chi connectivity index (χ4n) is 5.21. The van der Waals surface area contributed by atoms with E-state index < -0.39 is 47.0 Å². The molecule has 3 aromatic rings. The van der Waals surface area contributed by atoms with E-state index in [4.69, 9.17) is 0 Å². The Bertz CT molecular complexity index is 1290. The van der Waals surface area contributed by atoms with E-state index in [1.807, 2.05) is 13.8 Å². The molecule has 1 aliphatic rings. The Morgan fingerprint density at radius 3 is 2.24 bits per heavy atom. The summed E-state index contributed by atoms with van der Waals surface area (Å²) in [5.41, 5.74) is -2.06. The second-order valence-corrected chi connectivity index (χ2v) is 10.8. The number of aliphatic carboxylic acids is 1. The van der Waals surface area contributed by atoms with Gasteiger partial charge in [0.1, 0.15) is 5.54 Å². The number of benzene rings is 2. The minimum Gasteiger partial charge on any atom is -0.481 e. The van der Waals surface area contributed by atoms with E-state index >= 15 is 0 Å². The number of alkyl halides is 3. The number of hydrogen-bond acceptors (Lipinski definition) is 4. The Balaban J connectivity index is 1.88. The van der Waals surface area contributed by atoms with Crippen LogP contribution in [0, 0.1) is 11.8 Å². The third kappa shape index (κ3) is 5.31. The molecular formula is C28H27F3N2O4S. The smallest absolute Gasteiger partial charge is 0.416 e. The number of anilines is 1. The largest absolute Gasteiger partial charge is 0.481 e. The van der Waals surface area contributed by atoms with Gasteiger partial charge in [-0.25, -0.2) is 0 Å². The molecule has 0 radical (unpaired) electrons. The number of carboxylic acid groups (broad SMARTS) is 1. The number of amides is 2. The summed E-state index contributed by atoms with van der Waals surface area (Å²) in [5.74, 6) is -3.62. The van der Waals surface area contributed by atoms with Gasteiger partial charge in [-0.3, -0.25) is 14.4 Å². The van der Waals surface area contributed by atoms with Gasteiger partial charge in [0.25, 0.3) is 5.91 Å². The molecule has 1 aliphatic heterocycles. The van der Waals surface area contributed by atoms with Gasteiger partial charge in [0.2, 0.25) is 5.91 Å². The van der Waals surface area contributed by atoms with Crippen molar-refractivity contribution in [3.05, 3.63) is 88.1 Å². The van der Waals surface area contributed by atoms with Crippen molar-refractivity contribution in [2.45, 2.75) is 44.4 Å². The Labute approximate surface area is 222 Å². The lowest BCUT2D eigenvalue weighted by atomic mass is 9.82. The molecule has 2 amide bonds. The van der Waals surface area contributed by atoms with Crippen LogP contribution in [0.15, 0.2) is 72.1 Å². The van der Waals surface area contributed by atoms with Crippen molar-refractivity contribution in [2.24, 2.45) is 11.8 Å². The van der Waals surface area contributed by atoms with Crippen LogP contribution in [-0.4, -0.2) is 33.3 Å². The molecule has 0 bridgehead atoms. The number of para-hydroxylation sites is 1. The van der Waals surface area contributed by atoms with Crippen LogP contribution >= 0.6 is 11.3 Å². The van der Waals surface area contributed by atoms with Crippen molar-refractivity contribution in [3.8, 4) is 0 Å². The number of halogens is 3. The van der Waals surface area contributed by atoms with E-state index in [-0.39, 0.29) is 24.3 Å². The number of thiophene rings is 1. The van der Waals surface area contributed by atoms with Crippen molar-refractivity contribution < 1.29 is 32.7 Å². The lowest BCUT2D eigenvalue weighted by Gasteiger charge is -2.41. The van der Waals surface area contributed by atoms with Crippen LogP contribution < -0.4 is 5.32 Å². The average molecular weight is 545 g/mol. The maximum atomic E-state index is 14.1. The number of carboxylic acids is 1. The number of nitrogens with zero attached hydrogens (tertiary/aromatic N) is 1. The average Bonchev–Trinajstić information content (AvgIpc) is 3.50. The molecule has 0 saturated carbocycles. The van der Waals surface area contributed by atoms with Gasteiger partial charge in [0.05, 0.1) is 17.5 Å². The van der Waals surface area contributed by atoms with Gasteiger partial charge in [0.15, 0.2) is 0 Å². The maximum absolute atomic E-state index is 14.1. The molecule has 6 nitrogen and oxygen atoms in total. The van der Waals surface area contributed by atoms with E-state index in [9.17, 15) is 32.7 Å². The quantitative estimate of drug-likeness (QED) is 0.357. The molecule has 200 valence electrons. The third-order valence-electron chi connectivity index (χ3n) is 6.71. The number of likely N-dealkylation sites (tertiary alicyclic amines) is 1. The number of carbonyl (C=O) groups excluding carboxylic acids is 2. The first-order valence-electron chi connectivity index (χ1n) is 12.1. The summed E-state index contributed by atoms with van der Waals surface area (Å²) >= 11 is 1.26. The van der Waals surface area contributed by atoms with Gasteiger partial charge >= 0.3 is 12.1 Å².